The Morgan fingerprint density at radius 1 is 1.75 bits per heavy atom. The molecule has 0 amide bonds. The first-order valence-electron chi connectivity index (χ1n) is 0.612. The fourth-order valence-corrected chi connectivity index (χ4v) is 0. The Bertz CT molecular complexity index is 29.9. The summed E-state index contributed by atoms with van der Waals surface area (Å²) < 4.78 is 8.52. The topological polar surface area (TPSA) is 63.2 Å². The Labute approximate surface area is 25.9 Å². The van der Waals surface area contributed by atoms with Crippen molar-refractivity contribution in [3.05, 3.63) is 0 Å². The summed E-state index contributed by atoms with van der Waals surface area (Å²) in [5.74, 6) is 0. The van der Waals surface area contributed by atoms with Crippen LogP contribution < -0.4 is 9.59 Å². The van der Waals surface area contributed by atoms with Gasteiger partial charge in [0.05, 0.1) is 0 Å². The lowest BCUT2D eigenvalue weighted by Gasteiger charge is -1.94. The SMILES string of the molecule is O=[Si]([O-])[O-].[H-]. The molecule has 0 aliphatic rings. The molecule has 0 N–H and O–H groups in total. The molecular weight excluding hydrogens is 76.1 g/mol. The minimum atomic E-state index is -3.63. The van der Waals surface area contributed by atoms with Gasteiger partial charge in [-0.05, 0) is 0 Å². The minimum absolute atomic E-state index is 0. The minimum Gasteiger partial charge on any atom is -1.00 e. The molecule has 0 spiro atoms. The predicted octanol–water partition coefficient (Wildman–Crippen LogP) is -2.77. The number of rotatable bonds is 0. The third kappa shape index (κ3) is 4.19. The van der Waals surface area contributed by atoms with E-state index in [1.165, 1.54) is 0 Å². The maximum Gasteiger partial charge on any atom is 0.0172 e. The Morgan fingerprint density at radius 3 is 1.75 bits per heavy atom. The van der Waals surface area contributed by atoms with Crippen LogP contribution in [0.15, 0.2) is 0 Å². The lowest BCUT2D eigenvalue weighted by Crippen LogP contribution is -2.34. The third-order valence-corrected chi connectivity index (χ3v) is 0. The smallest absolute Gasteiger partial charge is 0.0172 e. The first-order valence-corrected chi connectivity index (χ1v) is 1.84. The molecule has 0 aliphatic carbocycles. The molecular formula is HO3Si-3. The van der Waals surface area contributed by atoms with E-state index in [0.717, 1.165) is 0 Å². The van der Waals surface area contributed by atoms with E-state index in [1.807, 2.05) is 0 Å². The van der Waals surface area contributed by atoms with Crippen molar-refractivity contribution in [2.75, 3.05) is 0 Å². The van der Waals surface area contributed by atoms with E-state index in [0.29, 0.717) is 0 Å². The molecule has 0 aromatic carbocycles. The van der Waals surface area contributed by atoms with Crippen LogP contribution in [0.5, 0.6) is 0 Å². The molecule has 0 unspecified atom stereocenters. The maximum absolute atomic E-state index is 8.52. The third-order valence-electron chi connectivity index (χ3n) is 0. The van der Waals surface area contributed by atoms with Crippen molar-refractivity contribution in [2.24, 2.45) is 0 Å². The summed E-state index contributed by atoms with van der Waals surface area (Å²) in [6.07, 6.45) is 0. The van der Waals surface area contributed by atoms with Crippen molar-refractivity contribution in [3.63, 3.8) is 0 Å². The van der Waals surface area contributed by atoms with Gasteiger partial charge in [-0.1, -0.05) is 0 Å². The standard InChI is InChI=1S/O3Si.H/c1-4(2)3;/q-2;-1. The molecule has 4 heteroatoms. The molecule has 26 valence electrons. The van der Waals surface area contributed by atoms with Crippen molar-refractivity contribution < 1.29 is 15.5 Å². The van der Waals surface area contributed by atoms with Crippen molar-refractivity contribution in [1.29, 1.82) is 0 Å². The molecule has 0 aromatic rings. The summed E-state index contributed by atoms with van der Waals surface area (Å²) in [6, 6.07) is 0. The fourth-order valence-electron chi connectivity index (χ4n) is 0. The van der Waals surface area contributed by atoms with E-state index in [-0.39, 0.29) is 1.43 Å². The van der Waals surface area contributed by atoms with Gasteiger partial charge in [0.1, 0.15) is 0 Å². The van der Waals surface area contributed by atoms with Crippen LogP contribution in [-0.4, -0.2) is 9.17 Å². The van der Waals surface area contributed by atoms with Crippen LogP contribution in [0.4, 0.5) is 0 Å². The molecule has 0 bridgehead atoms. The lowest BCUT2D eigenvalue weighted by molar-refractivity contribution is -0.354. The van der Waals surface area contributed by atoms with Crippen molar-refractivity contribution in [3.8, 4) is 0 Å². The van der Waals surface area contributed by atoms with Gasteiger partial charge in [-0.3, -0.25) is 0 Å². The summed E-state index contributed by atoms with van der Waals surface area (Å²) in [4.78, 5) is 17.0. The number of hydrogen-bond donors (Lipinski definition) is 0. The van der Waals surface area contributed by atoms with Crippen molar-refractivity contribution in [1.82, 2.24) is 0 Å². The predicted molar refractivity (Wildman–Crippen MR) is 7.55 cm³/mol. The van der Waals surface area contributed by atoms with E-state index in [2.05, 4.69) is 0 Å². The van der Waals surface area contributed by atoms with E-state index < -0.39 is 9.17 Å². The van der Waals surface area contributed by atoms with Gasteiger partial charge < -0.3 is 15.5 Å². The van der Waals surface area contributed by atoms with Gasteiger partial charge >= 0.3 is 0 Å². The molecule has 0 saturated carbocycles. The molecule has 0 aliphatic heterocycles. The molecule has 3 nitrogen and oxygen atoms in total. The summed E-state index contributed by atoms with van der Waals surface area (Å²) in [5, 5.41) is 0. The van der Waals surface area contributed by atoms with Crippen LogP contribution in [0.2, 0.25) is 0 Å². The Morgan fingerprint density at radius 2 is 1.75 bits per heavy atom. The average Bonchev–Trinajstić information content (AvgIpc) is 0.811. The molecule has 0 radical (unpaired) electrons. The van der Waals surface area contributed by atoms with Gasteiger partial charge in [-0.15, -0.1) is 0 Å². The van der Waals surface area contributed by atoms with Gasteiger partial charge in [0.15, 0.2) is 0 Å². The van der Waals surface area contributed by atoms with Gasteiger partial charge in [-0.2, -0.15) is 0 Å². The summed E-state index contributed by atoms with van der Waals surface area (Å²) in [5.41, 5.74) is 0. The van der Waals surface area contributed by atoms with Crippen molar-refractivity contribution in [2.45, 2.75) is 0 Å². The highest BCUT2D eigenvalue weighted by Gasteiger charge is 1.29. The Hall–Kier alpha value is -0.383. The van der Waals surface area contributed by atoms with E-state index in [4.69, 9.17) is 14.1 Å². The first kappa shape index (κ1) is 3.62. The first-order chi connectivity index (χ1) is 1.73. The second-order valence-corrected chi connectivity index (χ2v) is 0.750. The molecule has 0 saturated heterocycles. The average molecular weight is 77.1 g/mol. The van der Waals surface area contributed by atoms with Gasteiger partial charge in [0, 0.05) is 9.17 Å². The van der Waals surface area contributed by atoms with Crippen LogP contribution in [0, 0.1) is 0 Å². The molecule has 0 atom stereocenters. The number of hydrogen-bond acceptors (Lipinski definition) is 3. The Kier molecular flexibility index (Phi) is 0.903. The van der Waals surface area contributed by atoms with E-state index in [1.54, 1.807) is 0 Å². The molecule has 0 aromatic heterocycles. The molecule has 0 rings (SSSR count). The molecule has 4 heavy (non-hydrogen) atoms. The van der Waals surface area contributed by atoms with E-state index in [9.17, 15) is 0 Å². The van der Waals surface area contributed by atoms with E-state index >= 15 is 0 Å². The van der Waals surface area contributed by atoms with Crippen LogP contribution in [-0.2, 0) is 4.46 Å². The van der Waals surface area contributed by atoms with Gasteiger partial charge in [0.2, 0.25) is 0 Å². The molecule has 0 heterocycles. The summed E-state index contributed by atoms with van der Waals surface area (Å²) in [6.45, 7) is 0. The zero-order valence-corrected chi connectivity index (χ0v) is 2.72. The highest BCUT2D eigenvalue weighted by atomic mass is 28.3. The summed E-state index contributed by atoms with van der Waals surface area (Å²) in [7, 11) is -3.63. The van der Waals surface area contributed by atoms with Crippen LogP contribution in [0.3, 0.4) is 0 Å². The van der Waals surface area contributed by atoms with Crippen LogP contribution in [0.1, 0.15) is 1.43 Å². The monoisotopic (exact) mass is 77.0 g/mol. The highest BCUT2D eigenvalue weighted by molar-refractivity contribution is 6.17. The highest BCUT2D eigenvalue weighted by Crippen LogP contribution is 0.990. The normalized spacial score (nSPS) is 6.00. The van der Waals surface area contributed by atoms with Gasteiger partial charge in [0.25, 0.3) is 0 Å². The zero-order chi connectivity index (χ0) is 3.58. The summed E-state index contributed by atoms with van der Waals surface area (Å²) >= 11 is 0. The largest absolute Gasteiger partial charge is 1.00 e. The fraction of sp³-hybridized carbons (Fsp3) is 0. The second-order valence-electron chi connectivity index (χ2n) is 0.250. The lowest BCUT2D eigenvalue weighted by atomic mass is 15.8. The maximum atomic E-state index is 8.52. The quantitative estimate of drug-likeness (QED) is 0.294. The zero-order valence-electron chi connectivity index (χ0n) is 2.72. The molecule has 0 fully saturated rings. The van der Waals surface area contributed by atoms with Crippen LogP contribution in [0.25, 0.3) is 0 Å². The Balaban J connectivity index is 0. The van der Waals surface area contributed by atoms with Gasteiger partial charge in [-0.25, -0.2) is 0 Å². The van der Waals surface area contributed by atoms with Crippen LogP contribution >= 0.6 is 0 Å². The second kappa shape index (κ2) is 0.999. The van der Waals surface area contributed by atoms with Crippen molar-refractivity contribution >= 4 is 9.17 Å².